The van der Waals surface area contributed by atoms with Crippen LogP contribution in [0.25, 0.3) is 0 Å². The largest absolute Gasteiger partial charge is 0.469 e. The molecular formula is C8H9NO3S2. The van der Waals surface area contributed by atoms with Crippen LogP contribution in [-0.4, -0.2) is 15.0 Å². The van der Waals surface area contributed by atoms with Gasteiger partial charge in [0.15, 0.2) is 15.0 Å². The van der Waals surface area contributed by atoms with Crippen LogP contribution in [0.2, 0.25) is 0 Å². The number of fused-ring (bicyclic) bond motifs is 1. The second kappa shape index (κ2) is 3.08. The molecule has 1 aliphatic rings. The fourth-order valence-electron chi connectivity index (χ4n) is 1.32. The molecule has 0 aromatic heterocycles. The molecule has 1 aliphatic heterocycles. The van der Waals surface area contributed by atoms with E-state index in [1.54, 1.807) is 6.07 Å². The van der Waals surface area contributed by atoms with Crippen LogP contribution in [0.4, 0.5) is 5.69 Å². The van der Waals surface area contributed by atoms with Crippen molar-refractivity contribution in [1.82, 2.24) is 0 Å². The summed E-state index contributed by atoms with van der Waals surface area (Å²) in [6.45, 7) is 1.85. The first-order valence-electron chi connectivity index (χ1n) is 4.01. The van der Waals surface area contributed by atoms with Gasteiger partial charge >= 0.3 is 0 Å². The Morgan fingerprint density at radius 1 is 1.64 bits per heavy atom. The van der Waals surface area contributed by atoms with Crippen LogP contribution < -0.4 is 10.1 Å². The van der Waals surface area contributed by atoms with Crippen LogP contribution in [0, 0.1) is 0 Å². The van der Waals surface area contributed by atoms with Gasteiger partial charge in [-0.2, -0.15) is 0 Å². The molecule has 0 bridgehead atoms. The van der Waals surface area contributed by atoms with E-state index in [9.17, 15) is 4.21 Å². The standard InChI is InChI=1S/C8H9NO3S2/c1-5-9-7-3-2-6(14(10,11)13)4-8(7)12-5/h2-5,9H,1H3,(H,10,11,13). The lowest BCUT2D eigenvalue weighted by Gasteiger charge is -2.02. The molecule has 4 nitrogen and oxygen atoms in total. The predicted octanol–water partition coefficient (Wildman–Crippen LogP) is 1.42. The van der Waals surface area contributed by atoms with Crippen LogP contribution in [0.1, 0.15) is 6.92 Å². The molecule has 2 atom stereocenters. The second-order valence-electron chi connectivity index (χ2n) is 3.04. The summed E-state index contributed by atoms with van der Waals surface area (Å²) in [4.78, 5) is 0.210. The Balaban J connectivity index is 2.48. The Hall–Kier alpha value is -0.850. The van der Waals surface area contributed by atoms with Gasteiger partial charge in [0, 0.05) is 17.3 Å². The highest BCUT2D eigenvalue weighted by Crippen LogP contribution is 2.33. The van der Waals surface area contributed by atoms with Crippen LogP contribution >= 0.6 is 0 Å². The van der Waals surface area contributed by atoms with Crippen molar-refractivity contribution in [3.63, 3.8) is 0 Å². The lowest BCUT2D eigenvalue weighted by atomic mass is 10.3. The first kappa shape index (κ1) is 9.70. The average Bonchev–Trinajstić information content (AvgIpc) is 2.41. The molecule has 0 saturated heterocycles. The zero-order valence-electron chi connectivity index (χ0n) is 7.39. The van der Waals surface area contributed by atoms with Crippen molar-refractivity contribution in [2.75, 3.05) is 5.32 Å². The summed E-state index contributed by atoms with van der Waals surface area (Å²) >= 11 is 4.46. The van der Waals surface area contributed by atoms with E-state index in [1.165, 1.54) is 12.1 Å². The van der Waals surface area contributed by atoms with Gasteiger partial charge in [-0.3, -0.25) is 0 Å². The van der Waals surface area contributed by atoms with Crippen molar-refractivity contribution < 1.29 is 13.5 Å². The summed E-state index contributed by atoms with van der Waals surface area (Å²) in [7, 11) is -3.32. The molecule has 1 aromatic carbocycles. The van der Waals surface area contributed by atoms with Crippen molar-refractivity contribution in [3.8, 4) is 5.75 Å². The van der Waals surface area contributed by atoms with Gasteiger partial charge in [-0.25, -0.2) is 4.21 Å². The van der Waals surface area contributed by atoms with E-state index in [-0.39, 0.29) is 11.1 Å². The minimum Gasteiger partial charge on any atom is -0.469 e. The molecule has 0 radical (unpaired) electrons. The lowest BCUT2D eigenvalue weighted by molar-refractivity contribution is 0.274. The maximum atomic E-state index is 11.2. The number of hydrogen-bond donors (Lipinski definition) is 2. The molecule has 0 amide bonds. The Bertz CT molecular complexity index is 469. The molecule has 0 saturated carbocycles. The summed E-state index contributed by atoms with van der Waals surface area (Å²) < 4.78 is 25.7. The Morgan fingerprint density at radius 3 is 3.00 bits per heavy atom. The number of hydrogen-bond acceptors (Lipinski definition) is 4. The third kappa shape index (κ3) is 1.68. The molecule has 14 heavy (non-hydrogen) atoms. The highest BCUT2D eigenvalue weighted by molar-refractivity contribution is 8.29. The Morgan fingerprint density at radius 2 is 2.36 bits per heavy atom. The summed E-state index contributed by atoms with van der Waals surface area (Å²) in [5.41, 5.74) is 0.819. The summed E-state index contributed by atoms with van der Waals surface area (Å²) in [6, 6.07) is 4.72. The van der Waals surface area contributed by atoms with E-state index >= 15 is 0 Å². The van der Waals surface area contributed by atoms with Gasteiger partial charge in [0.2, 0.25) is 0 Å². The van der Waals surface area contributed by atoms with Crippen LogP contribution in [0.3, 0.4) is 0 Å². The molecule has 0 spiro atoms. The quantitative estimate of drug-likeness (QED) is 0.765. The zero-order valence-corrected chi connectivity index (χ0v) is 9.02. The van der Waals surface area contributed by atoms with Gasteiger partial charge in [0.25, 0.3) is 0 Å². The van der Waals surface area contributed by atoms with Gasteiger partial charge < -0.3 is 14.6 Å². The summed E-state index contributed by atoms with van der Waals surface area (Å²) in [6.07, 6.45) is -0.111. The smallest absolute Gasteiger partial charge is 0.171 e. The molecule has 1 aromatic rings. The van der Waals surface area contributed by atoms with E-state index in [4.69, 9.17) is 9.29 Å². The number of ether oxygens (including phenoxy) is 1. The summed E-state index contributed by atoms with van der Waals surface area (Å²) in [5, 5.41) is 3.05. The zero-order chi connectivity index (χ0) is 10.3. The van der Waals surface area contributed by atoms with Gasteiger partial charge in [-0.15, -0.1) is 0 Å². The van der Waals surface area contributed by atoms with Crippen LogP contribution in [0.5, 0.6) is 5.75 Å². The number of anilines is 1. The minimum atomic E-state index is -3.32. The number of benzene rings is 1. The normalized spacial score (nSPS) is 23.1. The second-order valence-corrected chi connectivity index (χ2v) is 5.81. The molecule has 2 N–H and O–H groups in total. The average molecular weight is 231 g/mol. The third-order valence-corrected chi connectivity index (χ3v) is 3.34. The molecule has 2 rings (SSSR count). The van der Waals surface area contributed by atoms with Crippen LogP contribution in [0.15, 0.2) is 23.1 Å². The Kier molecular flexibility index (Phi) is 2.13. The maximum absolute atomic E-state index is 11.2. The van der Waals surface area contributed by atoms with Crippen molar-refractivity contribution in [3.05, 3.63) is 18.2 Å². The van der Waals surface area contributed by atoms with E-state index in [1.807, 2.05) is 6.92 Å². The van der Waals surface area contributed by atoms with E-state index in [0.717, 1.165) is 5.69 Å². The number of nitrogens with one attached hydrogen (secondary N) is 1. The van der Waals surface area contributed by atoms with E-state index < -0.39 is 8.77 Å². The van der Waals surface area contributed by atoms with Gasteiger partial charge in [-0.05, 0) is 19.1 Å². The minimum absolute atomic E-state index is 0.111. The lowest BCUT2D eigenvalue weighted by Crippen LogP contribution is -2.13. The van der Waals surface area contributed by atoms with E-state index in [0.29, 0.717) is 5.75 Å². The molecule has 0 fully saturated rings. The van der Waals surface area contributed by atoms with Gasteiger partial charge in [0.1, 0.15) is 5.75 Å². The highest BCUT2D eigenvalue weighted by atomic mass is 32.8. The predicted molar refractivity (Wildman–Crippen MR) is 56.6 cm³/mol. The third-order valence-electron chi connectivity index (χ3n) is 1.91. The first-order valence-corrected chi connectivity index (χ1v) is 6.45. The summed E-state index contributed by atoms with van der Waals surface area (Å²) in [5.74, 6) is 0.571. The van der Waals surface area contributed by atoms with Gasteiger partial charge in [0.05, 0.1) is 10.6 Å². The molecule has 0 aliphatic carbocycles. The van der Waals surface area contributed by atoms with Crippen molar-refractivity contribution in [2.24, 2.45) is 0 Å². The SMILES string of the molecule is CC1Nc2ccc(S(=O)(O)=S)cc2O1. The Labute approximate surface area is 86.8 Å². The maximum Gasteiger partial charge on any atom is 0.171 e. The highest BCUT2D eigenvalue weighted by Gasteiger charge is 2.19. The fraction of sp³-hybridized carbons (Fsp3) is 0.250. The molecule has 1 heterocycles. The molecule has 6 heteroatoms. The monoisotopic (exact) mass is 231 g/mol. The fourth-order valence-corrected chi connectivity index (χ4v) is 2.13. The number of rotatable bonds is 1. The molecule has 76 valence electrons. The van der Waals surface area contributed by atoms with E-state index in [2.05, 4.69) is 16.5 Å². The molecule has 2 unspecified atom stereocenters. The van der Waals surface area contributed by atoms with Crippen LogP contribution in [-0.2, 0) is 20.0 Å². The first-order chi connectivity index (χ1) is 6.47. The van der Waals surface area contributed by atoms with Crippen molar-refractivity contribution >= 4 is 25.6 Å². The van der Waals surface area contributed by atoms with Gasteiger partial charge in [-0.1, -0.05) is 0 Å². The van der Waals surface area contributed by atoms with Crippen molar-refractivity contribution in [1.29, 1.82) is 0 Å². The van der Waals surface area contributed by atoms with Crippen molar-refractivity contribution in [2.45, 2.75) is 18.0 Å². The molecular weight excluding hydrogens is 222 g/mol. The topological polar surface area (TPSA) is 58.6 Å².